The Hall–Kier alpha value is -9.87. The van der Waals surface area contributed by atoms with E-state index in [4.69, 9.17) is 23.7 Å². The first-order chi connectivity index (χ1) is 52.6. The maximum Gasteiger partial charge on any atom is 0.391 e. The number of ether oxygens (including phenoxy) is 6. The highest BCUT2D eigenvalue weighted by Gasteiger charge is 2.35. The fourth-order valence-electron chi connectivity index (χ4n) is 12.2. The molecule has 8 nitrogen and oxygen atoms in total. The summed E-state index contributed by atoms with van der Waals surface area (Å²) in [7, 11) is 0.599. The molecule has 0 N–H and O–H groups in total. The van der Waals surface area contributed by atoms with Crippen molar-refractivity contribution in [1.82, 2.24) is 0 Å². The minimum atomic E-state index is -4.21. The van der Waals surface area contributed by atoms with Crippen molar-refractivity contribution in [2.45, 2.75) is 160 Å². The second kappa shape index (κ2) is 41.6. The molecule has 1 atom stereocenters. The maximum absolute atomic E-state index is 12.3. The van der Waals surface area contributed by atoms with Gasteiger partial charge >= 0.3 is 18.1 Å². The zero-order valence-electron chi connectivity index (χ0n) is 64.1. The fourth-order valence-corrected chi connectivity index (χ4v) is 21.2. The third-order valence-corrected chi connectivity index (χ3v) is 25.9. The number of alkyl halides is 3. The van der Waals surface area contributed by atoms with Crippen LogP contribution >= 0.6 is 0 Å². The summed E-state index contributed by atoms with van der Waals surface area (Å²) < 4.78 is 69.8. The number of benzene rings is 12. The molecule has 1 unspecified atom stereocenters. The zero-order valence-corrected chi connectivity index (χ0v) is 67.3. The lowest BCUT2D eigenvalue weighted by Gasteiger charge is -2.18. The van der Waals surface area contributed by atoms with E-state index >= 15 is 0 Å². The Morgan fingerprint density at radius 1 is 0.339 bits per heavy atom. The number of hydrogen-bond donors (Lipinski definition) is 0. The standard InChI is InChI=1S/C26H28F3O2S.C23H23O3S.C23H23O2S.C22H23OS/c1-19-16-24(32(22-10-6-4-7-11-22)23-12-8-5-9-13-23)17-20(2)25(19)31-18-21(3)30-15-14-26(27,28)29;1-17-14-21(15-18(2)23(17)26-16-22(24)25-3)27(19-10-6-4-7-11-19)20-12-8-5-9-13-20;1-4-22(24)25-23-17(2)15-21(16-18(23)3)26(19-11-7-5-8-12-19)20-13-9-6-10-14-20;1-4-23-22-17(2)15-21(16-18(22)3)24(19-11-7-5-8-12-19)20-13-9-6-10-14-20/h4-13,16-17,21H,14-15,18H2,1-3H3;4-15H,16H2,1-3H3;5-16H,4H2,1-3H3;5-16H,4H2,1-3H3/q4*+1. The molecular weight excluding hydrogens is 1440 g/mol. The van der Waals surface area contributed by atoms with Gasteiger partial charge in [-0.15, -0.1) is 0 Å². The number of esters is 2. The normalized spacial score (nSPS) is 11.3. The Labute approximate surface area is 654 Å². The molecule has 12 rings (SSSR count). The van der Waals surface area contributed by atoms with Crippen LogP contribution in [0.4, 0.5) is 13.2 Å². The minimum absolute atomic E-state index is 0.0827. The molecule has 0 bridgehead atoms. The Morgan fingerprint density at radius 2 is 0.578 bits per heavy atom. The van der Waals surface area contributed by atoms with Gasteiger partial charge in [0.15, 0.2) is 65.4 Å². The molecular formula is C94H97F3O8S4+4. The predicted octanol–water partition coefficient (Wildman–Crippen LogP) is 23.6. The molecule has 0 heterocycles. The van der Waals surface area contributed by atoms with E-state index in [9.17, 15) is 22.8 Å². The Morgan fingerprint density at radius 3 is 0.807 bits per heavy atom. The molecule has 0 amide bonds. The SMILES string of the molecule is CCC(=O)Oc1c(C)cc([S+](c2ccccc2)c2ccccc2)cc1C.CCOc1c(C)cc([S+](c2ccccc2)c2ccccc2)cc1C.COC(=O)COc1c(C)cc([S+](c2ccccc2)c2ccccc2)cc1C.Cc1cc([S+](c2ccccc2)c2ccccc2)cc(C)c1OCC(C)OCCC(F)(F)F. The van der Waals surface area contributed by atoms with Gasteiger partial charge in [-0.1, -0.05) is 153 Å². The van der Waals surface area contributed by atoms with Crippen LogP contribution in [0.25, 0.3) is 0 Å². The zero-order chi connectivity index (χ0) is 77.8. The number of carbonyl (C=O) groups excluding carboxylic acids is 2. The minimum Gasteiger partial charge on any atom is -0.493 e. The Kier molecular flexibility index (Phi) is 31.8. The number of hydrogen-bond acceptors (Lipinski definition) is 8. The van der Waals surface area contributed by atoms with E-state index < -0.39 is 18.7 Å². The summed E-state index contributed by atoms with van der Waals surface area (Å²) in [6.45, 7) is 22.3. The van der Waals surface area contributed by atoms with Crippen molar-refractivity contribution in [2.75, 3.05) is 33.5 Å². The van der Waals surface area contributed by atoms with Crippen LogP contribution in [-0.2, 0) is 62.6 Å². The Bertz CT molecular complexity index is 4560. The van der Waals surface area contributed by atoms with Crippen molar-refractivity contribution in [1.29, 1.82) is 0 Å². The quantitative estimate of drug-likeness (QED) is 0.0318. The molecule has 562 valence electrons. The number of methoxy groups -OCH3 is 1. The molecule has 0 aliphatic rings. The van der Waals surface area contributed by atoms with E-state index in [2.05, 4.69) is 273 Å². The summed E-state index contributed by atoms with van der Waals surface area (Å²) in [6, 6.07) is 102. The van der Waals surface area contributed by atoms with E-state index in [1.807, 2.05) is 91.8 Å². The van der Waals surface area contributed by atoms with Gasteiger partial charge in [-0.2, -0.15) is 13.2 Å². The van der Waals surface area contributed by atoms with Crippen LogP contribution in [0.3, 0.4) is 0 Å². The lowest BCUT2D eigenvalue weighted by atomic mass is 10.1. The van der Waals surface area contributed by atoms with Crippen molar-refractivity contribution in [3.63, 3.8) is 0 Å². The van der Waals surface area contributed by atoms with E-state index in [1.54, 1.807) is 6.92 Å². The molecule has 15 heteroatoms. The van der Waals surface area contributed by atoms with Crippen molar-refractivity contribution in [3.05, 3.63) is 336 Å². The van der Waals surface area contributed by atoms with Gasteiger partial charge in [-0.05, 0) is 211 Å². The highest BCUT2D eigenvalue weighted by atomic mass is 32.2. The largest absolute Gasteiger partial charge is 0.493 e. The number of halogens is 3. The van der Waals surface area contributed by atoms with Gasteiger partial charge < -0.3 is 28.4 Å². The van der Waals surface area contributed by atoms with E-state index in [0.29, 0.717) is 18.8 Å². The number of rotatable bonds is 25. The summed E-state index contributed by atoms with van der Waals surface area (Å²) in [4.78, 5) is 38.4. The van der Waals surface area contributed by atoms with Crippen LogP contribution in [0.5, 0.6) is 23.0 Å². The second-order valence-corrected chi connectivity index (χ2v) is 33.9. The van der Waals surface area contributed by atoms with Gasteiger partial charge in [0.2, 0.25) is 0 Å². The van der Waals surface area contributed by atoms with Crippen molar-refractivity contribution >= 4 is 55.5 Å². The lowest BCUT2D eigenvalue weighted by Crippen LogP contribution is -2.21. The van der Waals surface area contributed by atoms with Crippen LogP contribution in [0, 0.1) is 55.4 Å². The second-order valence-electron chi connectivity index (χ2n) is 25.8. The molecule has 0 fully saturated rings. The average Bonchev–Trinajstić information content (AvgIpc) is 0.812. The third-order valence-electron chi connectivity index (χ3n) is 17.1. The van der Waals surface area contributed by atoms with Gasteiger partial charge in [-0.25, -0.2) is 4.79 Å². The molecule has 0 radical (unpaired) electrons. The van der Waals surface area contributed by atoms with Gasteiger partial charge in [0, 0.05) is 55.0 Å². The fraction of sp³-hybridized carbons (Fsp3) is 0.213. The Balaban J connectivity index is 0.000000168. The van der Waals surface area contributed by atoms with Crippen LogP contribution < -0.4 is 18.9 Å². The first kappa shape index (κ1) is 83.2. The van der Waals surface area contributed by atoms with Crippen molar-refractivity contribution in [2.24, 2.45) is 0 Å². The highest BCUT2D eigenvalue weighted by molar-refractivity contribution is 7.98. The summed E-state index contributed by atoms with van der Waals surface area (Å²) >= 11 is 0. The lowest BCUT2D eigenvalue weighted by molar-refractivity contribution is -0.149. The molecule has 0 saturated heterocycles. The van der Waals surface area contributed by atoms with Gasteiger partial charge in [0.05, 0.1) is 76.4 Å². The molecule has 12 aromatic rings. The molecule has 109 heavy (non-hydrogen) atoms. The van der Waals surface area contributed by atoms with E-state index in [-0.39, 0.29) is 75.3 Å². The van der Waals surface area contributed by atoms with Crippen molar-refractivity contribution in [3.8, 4) is 23.0 Å². The monoisotopic (exact) mass is 1540 g/mol. The summed E-state index contributed by atoms with van der Waals surface area (Å²) in [5.41, 5.74) is 8.40. The van der Waals surface area contributed by atoms with E-state index in [0.717, 1.165) is 50.6 Å². The molecule has 0 spiro atoms. The third kappa shape index (κ3) is 24.1. The first-order valence-corrected chi connectivity index (χ1v) is 41.2. The van der Waals surface area contributed by atoms with Crippen LogP contribution in [0.15, 0.2) is 350 Å². The van der Waals surface area contributed by atoms with E-state index in [1.165, 1.54) is 77.0 Å². The molecule has 0 aliphatic carbocycles. The number of aryl methyl sites for hydroxylation is 8. The summed E-state index contributed by atoms with van der Waals surface area (Å²) in [5, 5.41) is 0. The molecule has 0 aromatic heterocycles. The van der Waals surface area contributed by atoms with Crippen molar-refractivity contribution < 1.29 is 51.2 Å². The molecule has 12 aromatic carbocycles. The van der Waals surface area contributed by atoms with Gasteiger partial charge in [0.1, 0.15) is 29.6 Å². The first-order valence-electron chi connectivity index (χ1n) is 36.3. The van der Waals surface area contributed by atoms with Crippen LogP contribution in [-0.4, -0.2) is 57.8 Å². The predicted molar refractivity (Wildman–Crippen MR) is 440 cm³/mol. The van der Waals surface area contributed by atoms with Crippen LogP contribution in [0.2, 0.25) is 0 Å². The maximum atomic E-state index is 12.3. The number of carbonyl (C=O) groups is 2. The van der Waals surface area contributed by atoms with Crippen LogP contribution in [0.1, 0.15) is 78.1 Å². The van der Waals surface area contributed by atoms with Gasteiger partial charge in [0.25, 0.3) is 0 Å². The molecule has 0 aliphatic heterocycles. The topological polar surface area (TPSA) is 89.5 Å². The smallest absolute Gasteiger partial charge is 0.391 e. The summed E-state index contributed by atoms with van der Waals surface area (Å²) in [6.07, 6.45) is -5.22. The average molecular weight is 1540 g/mol. The summed E-state index contributed by atoms with van der Waals surface area (Å²) in [5.74, 6) is 2.62. The van der Waals surface area contributed by atoms with Gasteiger partial charge in [-0.3, -0.25) is 4.79 Å². The highest BCUT2D eigenvalue weighted by Crippen LogP contribution is 2.41. The molecule has 0 saturated carbocycles.